The van der Waals surface area contributed by atoms with Crippen LogP contribution in [0.15, 0.2) is 4.99 Å². The zero-order valence-corrected chi connectivity index (χ0v) is 14.3. The van der Waals surface area contributed by atoms with Crippen molar-refractivity contribution in [1.82, 2.24) is 5.32 Å². The number of guanidine groups is 1. The first kappa shape index (κ1) is 19.3. The van der Waals surface area contributed by atoms with Gasteiger partial charge in [-0.2, -0.15) is 0 Å². The van der Waals surface area contributed by atoms with E-state index in [1.165, 1.54) is 6.26 Å². The van der Waals surface area contributed by atoms with Crippen LogP contribution < -0.4 is 11.1 Å². The molecule has 0 aliphatic rings. The molecule has 0 fully saturated rings. The summed E-state index contributed by atoms with van der Waals surface area (Å²) in [4.78, 5) is 4.05. The van der Waals surface area contributed by atoms with Crippen molar-refractivity contribution in [3.63, 3.8) is 0 Å². The van der Waals surface area contributed by atoms with Crippen molar-refractivity contribution in [3.8, 4) is 0 Å². The summed E-state index contributed by atoms with van der Waals surface area (Å²) >= 11 is 0. The summed E-state index contributed by atoms with van der Waals surface area (Å²) in [6.07, 6.45) is 2.15. The summed E-state index contributed by atoms with van der Waals surface area (Å²) in [5, 5.41) is 2.99. The van der Waals surface area contributed by atoms with Crippen molar-refractivity contribution >= 4 is 39.8 Å². The van der Waals surface area contributed by atoms with E-state index in [-0.39, 0.29) is 36.6 Å². The van der Waals surface area contributed by atoms with Crippen LogP contribution in [0.3, 0.4) is 0 Å². The van der Waals surface area contributed by atoms with Crippen LogP contribution in [0.1, 0.15) is 34.1 Å². The summed E-state index contributed by atoms with van der Waals surface area (Å²) in [6, 6.07) is 0.241. The average Bonchev–Trinajstić information content (AvgIpc) is 2.13. The fraction of sp³-hybridized carbons (Fsp3) is 0.900. The molecular weight excluding hydrogens is 353 g/mol. The minimum atomic E-state index is -3.12. The molecule has 17 heavy (non-hydrogen) atoms. The van der Waals surface area contributed by atoms with Crippen molar-refractivity contribution in [3.05, 3.63) is 0 Å². The normalized spacial score (nSPS) is 15.0. The Hall–Kier alpha value is -0.0500. The van der Waals surface area contributed by atoms with Crippen LogP contribution in [-0.4, -0.2) is 38.0 Å². The molecule has 0 aromatic heterocycles. The number of rotatable bonds is 5. The predicted octanol–water partition coefficient (Wildman–Crippen LogP) is 1.13. The molecule has 0 aliphatic heterocycles. The van der Waals surface area contributed by atoms with Crippen LogP contribution in [0.25, 0.3) is 0 Å². The summed E-state index contributed by atoms with van der Waals surface area (Å²) in [5.41, 5.74) is 5.64. The van der Waals surface area contributed by atoms with Gasteiger partial charge in [-0.3, -0.25) is 4.99 Å². The predicted molar refractivity (Wildman–Crippen MR) is 83.7 cm³/mol. The van der Waals surface area contributed by atoms with Crippen LogP contribution >= 0.6 is 24.0 Å². The molecule has 0 aliphatic carbocycles. The highest BCUT2D eigenvalue weighted by atomic mass is 127. The van der Waals surface area contributed by atoms with Crippen LogP contribution in [0.5, 0.6) is 0 Å². The number of hydrogen-bond acceptors (Lipinski definition) is 3. The third-order valence-corrected chi connectivity index (χ3v) is 4.78. The minimum Gasteiger partial charge on any atom is -0.370 e. The molecule has 0 aromatic carbocycles. The number of hydrogen-bond donors (Lipinski definition) is 2. The number of nitrogens with zero attached hydrogens (tertiary/aromatic N) is 1. The lowest BCUT2D eigenvalue weighted by Crippen LogP contribution is -2.40. The van der Waals surface area contributed by atoms with Gasteiger partial charge in [0.05, 0.1) is 11.3 Å². The van der Waals surface area contributed by atoms with Crippen LogP contribution in [0.4, 0.5) is 0 Å². The van der Waals surface area contributed by atoms with Gasteiger partial charge in [-0.25, -0.2) is 8.42 Å². The molecule has 0 saturated carbocycles. The molecule has 5 nitrogen and oxygen atoms in total. The van der Waals surface area contributed by atoms with Crippen LogP contribution in [0.2, 0.25) is 0 Å². The van der Waals surface area contributed by atoms with E-state index in [0.717, 1.165) is 6.42 Å². The van der Waals surface area contributed by atoms with Crippen molar-refractivity contribution in [2.45, 2.75) is 44.9 Å². The zero-order valence-electron chi connectivity index (χ0n) is 11.1. The Kier molecular flexibility index (Phi) is 8.40. The van der Waals surface area contributed by atoms with Gasteiger partial charge in [0, 0.05) is 12.3 Å². The molecule has 0 radical (unpaired) electrons. The fourth-order valence-electron chi connectivity index (χ4n) is 0.793. The van der Waals surface area contributed by atoms with E-state index in [9.17, 15) is 8.42 Å². The third kappa shape index (κ3) is 7.07. The monoisotopic (exact) mass is 377 g/mol. The zero-order chi connectivity index (χ0) is 13.0. The van der Waals surface area contributed by atoms with Gasteiger partial charge < -0.3 is 11.1 Å². The van der Waals surface area contributed by atoms with Crippen molar-refractivity contribution < 1.29 is 8.42 Å². The molecule has 1 atom stereocenters. The molecule has 0 amide bonds. The van der Waals surface area contributed by atoms with E-state index < -0.39 is 14.6 Å². The third-order valence-electron chi connectivity index (χ3n) is 2.64. The lowest BCUT2D eigenvalue weighted by molar-refractivity contribution is 0.554. The number of halogens is 1. The number of nitrogens with one attached hydrogen (secondary N) is 1. The van der Waals surface area contributed by atoms with Crippen LogP contribution in [0, 0.1) is 0 Å². The quantitative estimate of drug-likeness (QED) is 0.427. The average molecular weight is 377 g/mol. The molecule has 0 bridgehead atoms. The Labute approximate surface area is 122 Å². The Balaban J connectivity index is 0. The van der Waals surface area contributed by atoms with E-state index in [1.54, 1.807) is 13.8 Å². The number of sulfone groups is 1. The number of aliphatic imine (C=N–C) groups is 1. The molecule has 104 valence electrons. The standard InChI is InChI=1S/C10H23N3O2S.HI/c1-6-8(2)13-9(11)12-7-10(3,4)16(5,14)15;/h8H,6-7H2,1-5H3,(H3,11,12,13);1H. The Morgan fingerprint density at radius 2 is 1.94 bits per heavy atom. The lowest BCUT2D eigenvalue weighted by atomic mass is 10.2. The van der Waals surface area contributed by atoms with E-state index in [4.69, 9.17) is 5.73 Å². The van der Waals surface area contributed by atoms with Gasteiger partial charge in [-0.15, -0.1) is 24.0 Å². The SMILES string of the molecule is CCC(C)NC(N)=NCC(C)(C)S(C)(=O)=O.I. The summed E-state index contributed by atoms with van der Waals surface area (Å²) in [5.74, 6) is 0.297. The van der Waals surface area contributed by atoms with Crippen molar-refractivity contribution in [2.24, 2.45) is 10.7 Å². The molecule has 1 unspecified atom stereocenters. The Bertz CT molecular complexity index is 353. The van der Waals surface area contributed by atoms with Gasteiger partial charge in [-0.05, 0) is 27.2 Å². The molecule has 7 heteroatoms. The van der Waals surface area contributed by atoms with Crippen molar-refractivity contribution in [2.75, 3.05) is 12.8 Å². The Morgan fingerprint density at radius 1 is 1.47 bits per heavy atom. The second-order valence-electron chi connectivity index (χ2n) is 4.69. The van der Waals surface area contributed by atoms with Gasteiger partial charge >= 0.3 is 0 Å². The Morgan fingerprint density at radius 3 is 2.29 bits per heavy atom. The first-order valence-corrected chi connectivity index (χ1v) is 7.25. The summed E-state index contributed by atoms with van der Waals surface area (Å²) in [7, 11) is -3.12. The van der Waals surface area contributed by atoms with E-state index in [0.29, 0.717) is 5.96 Å². The van der Waals surface area contributed by atoms with E-state index in [1.807, 2.05) is 13.8 Å². The van der Waals surface area contributed by atoms with Gasteiger partial charge in [-0.1, -0.05) is 6.92 Å². The molecule has 0 spiro atoms. The van der Waals surface area contributed by atoms with Crippen molar-refractivity contribution in [1.29, 1.82) is 0 Å². The maximum atomic E-state index is 11.4. The highest BCUT2D eigenvalue weighted by molar-refractivity contribution is 14.0. The molecule has 0 saturated heterocycles. The largest absolute Gasteiger partial charge is 0.370 e. The summed E-state index contributed by atoms with van der Waals surface area (Å²) in [6.45, 7) is 7.47. The molecule has 0 rings (SSSR count). The lowest BCUT2D eigenvalue weighted by Gasteiger charge is -2.20. The molecular formula is C10H24IN3O2S. The minimum absolute atomic E-state index is 0. The maximum Gasteiger partial charge on any atom is 0.188 e. The van der Waals surface area contributed by atoms with Gasteiger partial charge in [0.2, 0.25) is 0 Å². The van der Waals surface area contributed by atoms with E-state index in [2.05, 4.69) is 10.3 Å². The van der Waals surface area contributed by atoms with Gasteiger partial charge in [0.25, 0.3) is 0 Å². The highest BCUT2D eigenvalue weighted by Crippen LogP contribution is 2.14. The molecule has 3 N–H and O–H groups in total. The molecule has 0 heterocycles. The topological polar surface area (TPSA) is 84.5 Å². The van der Waals surface area contributed by atoms with Gasteiger partial charge in [0.1, 0.15) is 0 Å². The highest BCUT2D eigenvalue weighted by Gasteiger charge is 2.29. The molecule has 0 aromatic rings. The second kappa shape index (κ2) is 7.40. The smallest absolute Gasteiger partial charge is 0.188 e. The van der Waals surface area contributed by atoms with E-state index >= 15 is 0 Å². The fourth-order valence-corrected chi connectivity index (χ4v) is 1.09. The number of nitrogens with two attached hydrogens (primary N) is 1. The summed E-state index contributed by atoms with van der Waals surface area (Å²) < 4.78 is 21.9. The maximum absolute atomic E-state index is 11.4. The second-order valence-corrected chi connectivity index (χ2v) is 7.34. The van der Waals surface area contributed by atoms with Gasteiger partial charge in [0.15, 0.2) is 15.8 Å². The first-order valence-electron chi connectivity index (χ1n) is 5.36. The van der Waals surface area contributed by atoms with Crippen LogP contribution in [-0.2, 0) is 9.84 Å². The first-order chi connectivity index (χ1) is 7.10.